The number of amides is 2. The van der Waals surface area contributed by atoms with Crippen LogP contribution < -0.4 is 16.6 Å². The molecule has 0 radical (unpaired) electrons. The second-order valence-electron chi connectivity index (χ2n) is 4.90. The summed E-state index contributed by atoms with van der Waals surface area (Å²) in [6.45, 7) is 3.07. The second kappa shape index (κ2) is 6.06. The Kier molecular flexibility index (Phi) is 4.41. The average molecular weight is 280 g/mol. The highest BCUT2D eigenvalue weighted by Gasteiger charge is 2.30. The summed E-state index contributed by atoms with van der Waals surface area (Å²) in [6, 6.07) is 1.55. The fourth-order valence-electron chi connectivity index (χ4n) is 2.60. The molecule has 0 saturated carbocycles. The van der Waals surface area contributed by atoms with Crippen molar-refractivity contribution in [1.82, 2.24) is 15.6 Å². The number of hydrazine groups is 1. The number of carbonyl (C=O) groups excluding carboxylic acids is 2. The number of nitrogens with two attached hydrogens (primary N) is 1. The molecule has 0 spiro atoms. The van der Waals surface area contributed by atoms with Gasteiger partial charge in [-0.3, -0.25) is 19.9 Å². The summed E-state index contributed by atoms with van der Waals surface area (Å²) in [5.74, 6) is 5.96. The van der Waals surface area contributed by atoms with Crippen molar-refractivity contribution in [3.05, 3.63) is 23.2 Å². The number of nitrogen functional groups attached to an aromatic ring is 1. The summed E-state index contributed by atoms with van der Waals surface area (Å²) < 4.78 is 5.57. The van der Waals surface area contributed by atoms with Gasteiger partial charge in [0.25, 0.3) is 5.91 Å². The number of nitrogens with one attached hydrogen (secondary N) is 2. The minimum Gasteiger partial charge on any atom is -0.464 e. The van der Waals surface area contributed by atoms with Crippen molar-refractivity contribution in [3.8, 4) is 0 Å². The van der Waals surface area contributed by atoms with Gasteiger partial charge in [0.2, 0.25) is 5.91 Å². The minimum absolute atomic E-state index is 0.0192. The highest BCUT2D eigenvalue weighted by Crippen LogP contribution is 2.22. The smallest absolute Gasteiger partial charge is 0.268 e. The third-order valence-electron chi connectivity index (χ3n) is 3.62. The Morgan fingerprint density at radius 3 is 2.95 bits per heavy atom. The number of likely N-dealkylation sites (tertiary alicyclic amines) is 1. The van der Waals surface area contributed by atoms with E-state index < -0.39 is 0 Å². The molecule has 20 heavy (non-hydrogen) atoms. The summed E-state index contributed by atoms with van der Waals surface area (Å²) in [5, 5.41) is 2.67. The maximum atomic E-state index is 11.8. The highest BCUT2D eigenvalue weighted by atomic mass is 16.3. The van der Waals surface area contributed by atoms with Gasteiger partial charge in [0.15, 0.2) is 0 Å². The fourth-order valence-corrected chi connectivity index (χ4v) is 2.60. The summed E-state index contributed by atoms with van der Waals surface area (Å²) in [4.78, 5) is 25.4. The minimum atomic E-state index is -0.373. The predicted molar refractivity (Wildman–Crippen MR) is 72.6 cm³/mol. The molecule has 0 aromatic carbocycles. The van der Waals surface area contributed by atoms with Gasteiger partial charge in [-0.25, -0.2) is 5.84 Å². The van der Waals surface area contributed by atoms with Gasteiger partial charge in [0, 0.05) is 7.05 Å². The van der Waals surface area contributed by atoms with Crippen LogP contribution in [-0.4, -0.2) is 36.3 Å². The number of hydrogen-bond donors (Lipinski definition) is 3. The Labute approximate surface area is 117 Å². The average Bonchev–Trinajstić information content (AvgIpc) is 3.04. The van der Waals surface area contributed by atoms with Gasteiger partial charge in [-0.15, -0.1) is 0 Å². The number of likely N-dealkylation sites (N-methyl/N-ethyl adjacent to an activating group) is 1. The molecule has 2 rings (SSSR count). The molecule has 1 saturated heterocycles. The largest absolute Gasteiger partial charge is 0.464 e. The number of hydrogen-bond acceptors (Lipinski definition) is 5. The van der Waals surface area contributed by atoms with Crippen molar-refractivity contribution in [2.45, 2.75) is 32.4 Å². The van der Waals surface area contributed by atoms with E-state index in [4.69, 9.17) is 10.3 Å². The van der Waals surface area contributed by atoms with Gasteiger partial charge in [0.05, 0.1) is 18.2 Å². The monoisotopic (exact) mass is 280 g/mol. The van der Waals surface area contributed by atoms with Crippen LogP contribution >= 0.6 is 0 Å². The first-order valence-corrected chi connectivity index (χ1v) is 6.62. The molecule has 1 aromatic heterocycles. The Morgan fingerprint density at radius 1 is 1.55 bits per heavy atom. The van der Waals surface area contributed by atoms with E-state index in [0.29, 0.717) is 23.6 Å². The summed E-state index contributed by atoms with van der Waals surface area (Å²) in [6.07, 6.45) is 1.82. The molecule has 1 aliphatic heterocycles. The summed E-state index contributed by atoms with van der Waals surface area (Å²) in [5.41, 5.74) is 2.52. The molecular formula is C13H20N4O3. The highest BCUT2D eigenvalue weighted by molar-refractivity contribution is 5.94. The number of rotatable bonds is 4. The van der Waals surface area contributed by atoms with Gasteiger partial charge in [-0.05, 0) is 32.4 Å². The van der Waals surface area contributed by atoms with Crippen molar-refractivity contribution in [2.75, 3.05) is 13.6 Å². The Hall–Kier alpha value is -1.86. The summed E-state index contributed by atoms with van der Waals surface area (Å²) in [7, 11) is 1.64. The lowest BCUT2D eigenvalue weighted by atomic mass is 10.2. The van der Waals surface area contributed by atoms with E-state index in [0.717, 1.165) is 19.4 Å². The first kappa shape index (κ1) is 14.5. The maximum Gasteiger partial charge on any atom is 0.268 e. The van der Waals surface area contributed by atoms with E-state index in [1.165, 1.54) is 0 Å². The van der Waals surface area contributed by atoms with Gasteiger partial charge in [-0.2, -0.15) is 0 Å². The zero-order valence-electron chi connectivity index (χ0n) is 11.7. The molecule has 7 nitrogen and oxygen atoms in total. The quantitative estimate of drug-likeness (QED) is 0.406. The van der Waals surface area contributed by atoms with Crippen LogP contribution in [0.25, 0.3) is 0 Å². The predicted octanol–water partition coefficient (Wildman–Crippen LogP) is -0.0981. The standard InChI is InChI=1S/C13H20N4O3/c1-8-10(12(18)16-14)6-9(20-8)7-17-5-3-4-11(17)13(19)15-2/h6,11H,3-5,7,14H2,1-2H3,(H,15,19)(H,16,18). The van der Waals surface area contributed by atoms with Crippen LogP contribution in [0.15, 0.2) is 10.5 Å². The van der Waals surface area contributed by atoms with Crippen LogP contribution in [0.5, 0.6) is 0 Å². The SMILES string of the molecule is CNC(=O)C1CCCN1Cc1cc(C(=O)NN)c(C)o1. The van der Waals surface area contributed by atoms with Crippen molar-refractivity contribution in [2.24, 2.45) is 5.84 Å². The topological polar surface area (TPSA) is 101 Å². The van der Waals surface area contributed by atoms with Gasteiger partial charge < -0.3 is 9.73 Å². The van der Waals surface area contributed by atoms with Crippen LogP contribution in [0.1, 0.15) is 34.7 Å². The van der Waals surface area contributed by atoms with E-state index in [-0.39, 0.29) is 17.9 Å². The Balaban J connectivity index is 2.10. The molecule has 0 bridgehead atoms. The van der Waals surface area contributed by atoms with Crippen molar-refractivity contribution in [1.29, 1.82) is 0 Å². The van der Waals surface area contributed by atoms with E-state index >= 15 is 0 Å². The molecule has 2 amide bonds. The van der Waals surface area contributed by atoms with E-state index in [9.17, 15) is 9.59 Å². The molecule has 1 atom stereocenters. The molecule has 110 valence electrons. The lowest BCUT2D eigenvalue weighted by molar-refractivity contribution is -0.125. The molecule has 2 heterocycles. The van der Waals surface area contributed by atoms with Gasteiger partial charge in [-0.1, -0.05) is 0 Å². The number of carbonyl (C=O) groups is 2. The zero-order valence-corrected chi connectivity index (χ0v) is 11.7. The first-order chi connectivity index (χ1) is 9.56. The lowest BCUT2D eigenvalue weighted by Gasteiger charge is -2.21. The summed E-state index contributed by atoms with van der Waals surface area (Å²) >= 11 is 0. The molecule has 1 unspecified atom stereocenters. The number of aryl methyl sites for hydroxylation is 1. The van der Waals surface area contributed by atoms with Crippen LogP contribution in [0, 0.1) is 6.92 Å². The van der Waals surface area contributed by atoms with E-state index in [1.807, 2.05) is 0 Å². The number of nitrogens with zero attached hydrogens (tertiary/aromatic N) is 1. The van der Waals surface area contributed by atoms with Gasteiger partial charge in [0.1, 0.15) is 11.5 Å². The molecule has 4 N–H and O–H groups in total. The zero-order chi connectivity index (χ0) is 14.7. The Bertz CT molecular complexity index is 512. The number of furan rings is 1. The van der Waals surface area contributed by atoms with Crippen molar-refractivity contribution < 1.29 is 14.0 Å². The molecule has 1 fully saturated rings. The van der Waals surface area contributed by atoms with Crippen LogP contribution in [0.4, 0.5) is 0 Å². The maximum absolute atomic E-state index is 11.8. The molecule has 1 aliphatic rings. The third-order valence-corrected chi connectivity index (χ3v) is 3.62. The van der Waals surface area contributed by atoms with Gasteiger partial charge >= 0.3 is 0 Å². The molecule has 0 aliphatic carbocycles. The van der Waals surface area contributed by atoms with Crippen molar-refractivity contribution in [3.63, 3.8) is 0 Å². The van der Waals surface area contributed by atoms with Crippen LogP contribution in [-0.2, 0) is 11.3 Å². The van der Waals surface area contributed by atoms with E-state index in [1.54, 1.807) is 20.0 Å². The van der Waals surface area contributed by atoms with Crippen molar-refractivity contribution >= 4 is 11.8 Å². The fraction of sp³-hybridized carbons (Fsp3) is 0.538. The molecule has 7 heteroatoms. The normalized spacial score (nSPS) is 19.1. The molecule has 1 aromatic rings. The lowest BCUT2D eigenvalue weighted by Crippen LogP contribution is -2.41. The van der Waals surface area contributed by atoms with Crippen LogP contribution in [0.2, 0.25) is 0 Å². The first-order valence-electron chi connectivity index (χ1n) is 6.62. The molecular weight excluding hydrogens is 260 g/mol. The van der Waals surface area contributed by atoms with Crippen LogP contribution in [0.3, 0.4) is 0 Å². The Morgan fingerprint density at radius 2 is 2.30 bits per heavy atom. The van der Waals surface area contributed by atoms with E-state index in [2.05, 4.69) is 15.6 Å². The second-order valence-corrected chi connectivity index (χ2v) is 4.90. The third kappa shape index (κ3) is 2.83.